The first-order valence-electron chi connectivity index (χ1n) is 4.37. The fraction of sp³-hybridized carbons (Fsp3) is 0.750. The summed E-state index contributed by atoms with van der Waals surface area (Å²) < 4.78 is 4.79. The van der Waals surface area contributed by atoms with Gasteiger partial charge in [0.15, 0.2) is 0 Å². The number of thioether (sulfide) groups is 1. The van der Waals surface area contributed by atoms with E-state index in [1.54, 1.807) is 0 Å². The number of esters is 1. The number of ether oxygens (including phenoxy) is 1. The van der Waals surface area contributed by atoms with Crippen molar-refractivity contribution in [2.75, 3.05) is 12.4 Å². The van der Waals surface area contributed by atoms with E-state index in [4.69, 9.17) is 4.74 Å². The van der Waals surface area contributed by atoms with E-state index in [1.165, 1.54) is 11.8 Å². The van der Waals surface area contributed by atoms with Gasteiger partial charge in [-0.1, -0.05) is 11.8 Å². The summed E-state index contributed by atoms with van der Waals surface area (Å²) in [5.74, 6) is 0.642. The SMILES string of the molecule is O=C1OCCC1NC1CCSC1=O. The van der Waals surface area contributed by atoms with Crippen molar-refractivity contribution in [1.82, 2.24) is 5.32 Å². The smallest absolute Gasteiger partial charge is 0.323 e. The first kappa shape index (κ1) is 9.02. The van der Waals surface area contributed by atoms with Crippen molar-refractivity contribution in [3.05, 3.63) is 0 Å². The summed E-state index contributed by atoms with van der Waals surface area (Å²) >= 11 is 1.34. The van der Waals surface area contributed by atoms with Gasteiger partial charge in [-0.2, -0.15) is 0 Å². The Bertz CT molecular complexity index is 220. The quantitative estimate of drug-likeness (QED) is 0.633. The van der Waals surface area contributed by atoms with Crippen LogP contribution in [0.15, 0.2) is 0 Å². The topological polar surface area (TPSA) is 55.4 Å². The summed E-state index contributed by atoms with van der Waals surface area (Å²) in [6, 6.07) is -0.395. The van der Waals surface area contributed by atoms with E-state index in [0.29, 0.717) is 13.0 Å². The van der Waals surface area contributed by atoms with Crippen molar-refractivity contribution in [1.29, 1.82) is 0 Å². The van der Waals surface area contributed by atoms with Crippen molar-refractivity contribution < 1.29 is 14.3 Å². The van der Waals surface area contributed by atoms with Crippen molar-refractivity contribution in [3.8, 4) is 0 Å². The van der Waals surface area contributed by atoms with Gasteiger partial charge in [-0.05, 0) is 6.42 Å². The fourth-order valence-electron chi connectivity index (χ4n) is 1.54. The van der Waals surface area contributed by atoms with Crippen LogP contribution in [0.2, 0.25) is 0 Å². The Kier molecular flexibility index (Phi) is 2.55. The zero-order valence-corrected chi connectivity index (χ0v) is 7.93. The van der Waals surface area contributed by atoms with E-state index in [-0.39, 0.29) is 23.2 Å². The van der Waals surface area contributed by atoms with Gasteiger partial charge < -0.3 is 4.74 Å². The third-order valence-electron chi connectivity index (χ3n) is 2.27. The number of cyclic esters (lactones) is 1. The normalized spacial score (nSPS) is 33.8. The second-order valence-electron chi connectivity index (χ2n) is 3.18. The second kappa shape index (κ2) is 3.67. The molecule has 0 radical (unpaired) electrons. The molecule has 5 heteroatoms. The van der Waals surface area contributed by atoms with Crippen LogP contribution >= 0.6 is 11.8 Å². The highest BCUT2D eigenvalue weighted by Gasteiger charge is 2.33. The zero-order valence-electron chi connectivity index (χ0n) is 7.12. The predicted molar refractivity (Wildman–Crippen MR) is 48.4 cm³/mol. The number of rotatable bonds is 2. The molecule has 0 bridgehead atoms. The lowest BCUT2D eigenvalue weighted by Crippen LogP contribution is -2.42. The Balaban J connectivity index is 1.89. The molecule has 13 heavy (non-hydrogen) atoms. The Labute approximate surface area is 80.4 Å². The summed E-state index contributed by atoms with van der Waals surface area (Å²) in [7, 11) is 0. The first-order chi connectivity index (χ1) is 6.27. The van der Waals surface area contributed by atoms with Crippen molar-refractivity contribution in [3.63, 3.8) is 0 Å². The zero-order chi connectivity index (χ0) is 9.26. The number of nitrogens with one attached hydrogen (secondary N) is 1. The molecule has 0 aliphatic carbocycles. The standard InChI is InChI=1S/C8H11NO3S/c10-7-5(1-3-12-7)9-6-2-4-13-8(6)11/h5-6,9H,1-4H2. The van der Waals surface area contributed by atoms with Gasteiger partial charge in [0, 0.05) is 12.2 Å². The summed E-state index contributed by atoms with van der Waals surface area (Å²) in [6.45, 7) is 0.477. The van der Waals surface area contributed by atoms with Gasteiger partial charge in [-0.15, -0.1) is 0 Å². The third kappa shape index (κ3) is 1.86. The minimum Gasteiger partial charge on any atom is -0.464 e. The number of carbonyl (C=O) groups is 2. The Morgan fingerprint density at radius 1 is 1.31 bits per heavy atom. The van der Waals surface area contributed by atoms with Gasteiger partial charge in [-0.25, -0.2) is 0 Å². The van der Waals surface area contributed by atoms with Crippen LogP contribution in [0.1, 0.15) is 12.8 Å². The van der Waals surface area contributed by atoms with E-state index in [9.17, 15) is 9.59 Å². The molecular weight excluding hydrogens is 190 g/mol. The van der Waals surface area contributed by atoms with Crippen LogP contribution in [-0.4, -0.2) is 35.5 Å². The van der Waals surface area contributed by atoms with Gasteiger partial charge in [0.2, 0.25) is 5.12 Å². The maximum absolute atomic E-state index is 11.2. The molecule has 4 nitrogen and oxygen atoms in total. The summed E-state index contributed by atoms with van der Waals surface area (Å²) in [5, 5.41) is 3.18. The van der Waals surface area contributed by atoms with Crippen LogP contribution in [0.3, 0.4) is 0 Å². The first-order valence-corrected chi connectivity index (χ1v) is 5.35. The molecule has 0 aromatic heterocycles. The van der Waals surface area contributed by atoms with Gasteiger partial charge in [0.05, 0.1) is 12.6 Å². The molecule has 0 spiro atoms. The van der Waals surface area contributed by atoms with Crippen molar-refractivity contribution in [2.24, 2.45) is 0 Å². The molecule has 2 aliphatic rings. The van der Waals surface area contributed by atoms with E-state index in [2.05, 4.69) is 5.32 Å². The molecular formula is C8H11NO3S. The van der Waals surface area contributed by atoms with E-state index in [0.717, 1.165) is 12.2 Å². The van der Waals surface area contributed by atoms with Crippen LogP contribution < -0.4 is 5.32 Å². The van der Waals surface area contributed by atoms with Gasteiger partial charge in [-0.3, -0.25) is 14.9 Å². The minimum atomic E-state index is -0.257. The van der Waals surface area contributed by atoms with Gasteiger partial charge in [0.1, 0.15) is 6.04 Å². The van der Waals surface area contributed by atoms with Crippen LogP contribution in [-0.2, 0) is 14.3 Å². The van der Waals surface area contributed by atoms with Crippen LogP contribution in [0.4, 0.5) is 0 Å². The van der Waals surface area contributed by atoms with E-state index < -0.39 is 0 Å². The summed E-state index contributed by atoms with van der Waals surface area (Å²) in [4.78, 5) is 22.3. The minimum absolute atomic E-state index is 0.138. The molecule has 2 unspecified atom stereocenters. The summed E-state index contributed by atoms with van der Waals surface area (Å²) in [5.41, 5.74) is 0. The van der Waals surface area contributed by atoms with Crippen LogP contribution in [0.5, 0.6) is 0 Å². The second-order valence-corrected chi connectivity index (χ2v) is 4.28. The molecule has 2 rings (SSSR count). The Morgan fingerprint density at radius 3 is 2.69 bits per heavy atom. The molecule has 0 aromatic rings. The molecule has 2 atom stereocenters. The predicted octanol–water partition coefficient (Wildman–Crippen LogP) is -0.0764. The Hall–Kier alpha value is -0.550. The Morgan fingerprint density at radius 2 is 2.15 bits per heavy atom. The van der Waals surface area contributed by atoms with Gasteiger partial charge in [0.25, 0.3) is 0 Å². The van der Waals surface area contributed by atoms with E-state index >= 15 is 0 Å². The lowest BCUT2D eigenvalue weighted by atomic mass is 10.2. The third-order valence-corrected chi connectivity index (χ3v) is 3.28. The fourth-order valence-corrected chi connectivity index (χ4v) is 2.48. The number of hydrogen-bond acceptors (Lipinski definition) is 5. The molecule has 2 saturated heterocycles. The van der Waals surface area contributed by atoms with Crippen LogP contribution in [0, 0.1) is 0 Å². The van der Waals surface area contributed by atoms with Crippen molar-refractivity contribution in [2.45, 2.75) is 24.9 Å². The van der Waals surface area contributed by atoms with E-state index in [1.807, 2.05) is 0 Å². The van der Waals surface area contributed by atoms with Crippen molar-refractivity contribution >= 4 is 22.8 Å². The van der Waals surface area contributed by atoms with Gasteiger partial charge >= 0.3 is 5.97 Å². The lowest BCUT2D eigenvalue weighted by molar-refractivity contribution is -0.139. The maximum Gasteiger partial charge on any atom is 0.323 e. The highest BCUT2D eigenvalue weighted by molar-refractivity contribution is 8.14. The number of hydrogen-bond donors (Lipinski definition) is 1. The largest absolute Gasteiger partial charge is 0.464 e. The molecule has 2 heterocycles. The molecule has 72 valence electrons. The number of carbonyl (C=O) groups excluding carboxylic acids is 2. The molecule has 0 aromatic carbocycles. The summed E-state index contributed by atoms with van der Waals surface area (Å²) in [6.07, 6.45) is 1.51. The molecule has 0 amide bonds. The van der Waals surface area contributed by atoms with Crippen LogP contribution in [0.25, 0.3) is 0 Å². The molecule has 2 fully saturated rings. The molecule has 0 saturated carbocycles. The monoisotopic (exact) mass is 201 g/mol. The average Bonchev–Trinajstić information content (AvgIpc) is 2.65. The average molecular weight is 201 g/mol. The highest BCUT2D eigenvalue weighted by atomic mass is 32.2. The molecule has 2 aliphatic heterocycles. The molecule has 1 N–H and O–H groups in total. The maximum atomic E-state index is 11.2. The highest BCUT2D eigenvalue weighted by Crippen LogP contribution is 2.21. The lowest BCUT2D eigenvalue weighted by Gasteiger charge is -2.12.